The Labute approximate surface area is 89.1 Å². The lowest BCUT2D eigenvalue weighted by Crippen LogP contribution is -1.94. The second kappa shape index (κ2) is 5.78. The summed E-state index contributed by atoms with van der Waals surface area (Å²) in [6, 6.07) is 6.82. The van der Waals surface area contributed by atoms with E-state index in [0.29, 0.717) is 17.8 Å². The second-order valence-corrected chi connectivity index (χ2v) is 3.01. The van der Waals surface area contributed by atoms with E-state index in [4.69, 9.17) is 11.5 Å². The summed E-state index contributed by atoms with van der Waals surface area (Å²) in [7, 11) is 0. The summed E-state index contributed by atoms with van der Waals surface area (Å²) in [6.45, 7) is 0.473. The van der Waals surface area contributed by atoms with Gasteiger partial charge in [0.2, 0.25) is 0 Å². The Bertz CT molecular complexity index is 377. The molecule has 0 saturated heterocycles. The number of carbonyl (C=O) groups is 1. The molecule has 0 aliphatic rings. The Morgan fingerprint density at radius 2 is 1.87 bits per heavy atom. The maximum atomic E-state index is 11.5. The van der Waals surface area contributed by atoms with Gasteiger partial charge in [-0.25, -0.2) is 0 Å². The molecule has 0 bridgehead atoms. The molecular weight excluding hydrogens is 188 g/mol. The third-order valence-electron chi connectivity index (χ3n) is 1.83. The van der Waals surface area contributed by atoms with Gasteiger partial charge in [0.15, 0.2) is 5.78 Å². The zero-order valence-corrected chi connectivity index (χ0v) is 8.39. The van der Waals surface area contributed by atoms with E-state index in [2.05, 4.69) is 0 Å². The van der Waals surface area contributed by atoms with Gasteiger partial charge in [-0.1, -0.05) is 18.2 Å². The Balaban J connectivity index is 2.65. The van der Waals surface area contributed by atoms with Gasteiger partial charge >= 0.3 is 0 Å². The summed E-state index contributed by atoms with van der Waals surface area (Å²) in [5.41, 5.74) is 12.0. The molecule has 0 amide bonds. The van der Waals surface area contributed by atoms with Crippen LogP contribution in [-0.2, 0) is 0 Å². The van der Waals surface area contributed by atoms with Crippen molar-refractivity contribution in [1.29, 1.82) is 0 Å². The van der Waals surface area contributed by atoms with Crippen LogP contribution in [0.2, 0.25) is 0 Å². The minimum Gasteiger partial charge on any atom is -0.399 e. The largest absolute Gasteiger partial charge is 0.399 e. The molecule has 4 N–H and O–H groups in total. The lowest BCUT2D eigenvalue weighted by atomic mass is 10.1. The fourth-order valence-corrected chi connectivity index (χ4v) is 1.04. The first-order valence-electron chi connectivity index (χ1n) is 4.67. The summed E-state index contributed by atoms with van der Waals surface area (Å²) >= 11 is 0. The van der Waals surface area contributed by atoms with Gasteiger partial charge in [-0.3, -0.25) is 4.79 Å². The van der Waals surface area contributed by atoms with Gasteiger partial charge in [0.25, 0.3) is 0 Å². The molecule has 0 aliphatic heterocycles. The number of anilines is 1. The highest BCUT2D eigenvalue weighted by Crippen LogP contribution is 2.06. The van der Waals surface area contributed by atoms with Crippen molar-refractivity contribution in [2.75, 3.05) is 12.3 Å². The van der Waals surface area contributed by atoms with E-state index in [-0.39, 0.29) is 5.78 Å². The predicted octanol–water partition coefficient (Wildman–Crippen LogP) is 1.52. The lowest BCUT2D eigenvalue weighted by Gasteiger charge is -1.95. The van der Waals surface area contributed by atoms with Crippen LogP contribution in [0, 0.1) is 0 Å². The Morgan fingerprint density at radius 1 is 1.20 bits per heavy atom. The van der Waals surface area contributed by atoms with Gasteiger partial charge in [0.05, 0.1) is 0 Å². The highest BCUT2D eigenvalue weighted by atomic mass is 16.1. The van der Waals surface area contributed by atoms with Crippen LogP contribution in [0.25, 0.3) is 0 Å². The van der Waals surface area contributed by atoms with Gasteiger partial charge in [0.1, 0.15) is 0 Å². The van der Waals surface area contributed by atoms with E-state index in [1.54, 1.807) is 42.5 Å². The van der Waals surface area contributed by atoms with E-state index in [0.717, 1.165) is 0 Å². The molecule has 0 aromatic heterocycles. The van der Waals surface area contributed by atoms with Crippen LogP contribution in [0.1, 0.15) is 10.4 Å². The molecule has 0 spiro atoms. The molecule has 3 nitrogen and oxygen atoms in total. The molecular formula is C12H14N2O. The van der Waals surface area contributed by atoms with Crippen molar-refractivity contribution in [2.45, 2.75) is 0 Å². The molecule has 0 atom stereocenters. The topological polar surface area (TPSA) is 69.1 Å². The third-order valence-corrected chi connectivity index (χ3v) is 1.83. The Morgan fingerprint density at radius 3 is 2.47 bits per heavy atom. The number of rotatable bonds is 4. The molecule has 1 rings (SSSR count). The molecule has 0 aliphatic carbocycles. The molecule has 78 valence electrons. The van der Waals surface area contributed by atoms with Crippen LogP contribution in [0.5, 0.6) is 0 Å². The van der Waals surface area contributed by atoms with E-state index >= 15 is 0 Å². The molecule has 3 heteroatoms. The number of hydrogen-bond acceptors (Lipinski definition) is 3. The van der Waals surface area contributed by atoms with Crippen LogP contribution in [0.4, 0.5) is 5.69 Å². The van der Waals surface area contributed by atoms with Crippen LogP contribution in [0.3, 0.4) is 0 Å². The molecule has 15 heavy (non-hydrogen) atoms. The normalized spacial score (nSPS) is 11.3. The minimum atomic E-state index is -0.0447. The number of carbonyl (C=O) groups excluding carboxylic acids is 1. The fraction of sp³-hybridized carbons (Fsp3) is 0.0833. The van der Waals surface area contributed by atoms with Crippen molar-refractivity contribution < 1.29 is 4.79 Å². The van der Waals surface area contributed by atoms with Gasteiger partial charge in [-0.05, 0) is 30.3 Å². The van der Waals surface area contributed by atoms with E-state index in [1.807, 2.05) is 0 Å². The van der Waals surface area contributed by atoms with Crippen molar-refractivity contribution >= 4 is 11.5 Å². The summed E-state index contributed by atoms with van der Waals surface area (Å²) in [6.07, 6.45) is 6.69. The standard InChI is InChI=1S/C12H14N2O/c13-9-3-1-2-4-12(15)10-5-7-11(14)8-6-10/h1-8H,9,13-14H2/b3-1-,4-2?. The zero-order chi connectivity index (χ0) is 11.1. The number of allylic oxidation sites excluding steroid dienone is 3. The maximum Gasteiger partial charge on any atom is 0.185 e. The molecule has 0 saturated carbocycles. The maximum absolute atomic E-state index is 11.5. The van der Waals surface area contributed by atoms with Crippen molar-refractivity contribution in [3.05, 3.63) is 54.1 Å². The molecule has 0 radical (unpaired) electrons. The average Bonchev–Trinajstić information content (AvgIpc) is 2.25. The summed E-state index contributed by atoms with van der Waals surface area (Å²) in [4.78, 5) is 11.5. The summed E-state index contributed by atoms with van der Waals surface area (Å²) in [5, 5.41) is 0. The highest BCUT2D eigenvalue weighted by molar-refractivity contribution is 6.04. The Kier molecular flexibility index (Phi) is 4.31. The summed E-state index contributed by atoms with van der Waals surface area (Å²) < 4.78 is 0. The van der Waals surface area contributed by atoms with Gasteiger partial charge in [-0.15, -0.1) is 0 Å². The summed E-state index contributed by atoms with van der Waals surface area (Å²) in [5.74, 6) is -0.0447. The van der Waals surface area contributed by atoms with Crippen LogP contribution < -0.4 is 11.5 Å². The molecule has 0 unspecified atom stereocenters. The highest BCUT2D eigenvalue weighted by Gasteiger charge is 1.99. The van der Waals surface area contributed by atoms with Crippen molar-refractivity contribution in [1.82, 2.24) is 0 Å². The van der Waals surface area contributed by atoms with Gasteiger partial charge < -0.3 is 11.5 Å². The minimum absolute atomic E-state index is 0.0447. The number of ketones is 1. The van der Waals surface area contributed by atoms with Crippen molar-refractivity contribution in [3.8, 4) is 0 Å². The number of nitrogens with two attached hydrogens (primary N) is 2. The quantitative estimate of drug-likeness (QED) is 0.336. The van der Waals surface area contributed by atoms with Crippen LogP contribution in [-0.4, -0.2) is 12.3 Å². The lowest BCUT2D eigenvalue weighted by molar-refractivity contribution is 0.104. The Hall–Kier alpha value is -1.87. The first-order valence-corrected chi connectivity index (χ1v) is 4.67. The van der Waals surface area contributed by atoms with Crippen molar-refractivity contribution in [3.63, 3.8) is 0 Å². The third kappa shape index (κ3) is 3.79. The first-order chi connectivity index (χ1) is 7.24. The van der Waals surface area contributed by atoms with Gasteiger partial charge in [0, 0.05) is 17.8 Å². The zero-order valence-electron chi connectivity index (χ0n) is 8.39. The van der Waals surface area contributed by atoms with Crippen LogP contribution >= 0.6 is 0 Å². The number of hydrogen-bond donors (Lipinski definition) is 2. The second-order valence-electron chi connectivity index (χ2n) is 3.01. The van der Waals surface area contributed by atoms with Crippen LogP contribution in [0.15, 0.2) is 48.6 Å². The predicted molar refractivity (Wildman–Crippen MR) is 62.5 cm³/mol. The molecule has 1 aromatic carbocycles. The number of benzene rings is 1. The van der Waals surface area contributed by atoms with E-state index in [1.165, 1.54) is 6.08 Å². The SMILES string of the molecule is NC/C=C\C=CC(=O)c1ccc(N)cc1. The van der Waals surface area contributed by atoms with Crippen molar-refractivity contribution in [2.24, 2.45) is 5.73 Å². The average molecular weight is 202 g/mol. The van der Waals surface area contributed by atoms with E-state index < -0.39 is 0 Å². The van der Waals surface area contributed by atoms with Gasteiger partial charge in [-0.2, -0.15) is 0 Å². The molecule has 0 fully saturated rings. The monoisotopic (exact) mass is 202 g/mol. The molecule has 1 aromatic rings. The number of nitrogen functional groups attached to an aromatic ring is 1. The molecule has 0 heterocycles. The fourth-order valence-electron chi connectivity index (χ4n) is 1.04. The smallest absolute Gasteiger partial charge is 0.185 e. The first kappa shape index (κ1) is 11.2. The van der Waals surface area contributed by atoms with E-state index in [9.17, 15) is 4.79 Å².